The van der Waals surface area contributed by atoms with Crippen molar-refractivity contribution in [3.8, 4) is 0 Å². The molecule has 0 aliphatic heterocycles. The maximum atomic E-state index is 12.3. The number of nitrogens with one attached hydrogen (secondary N) is 1. The van der Waals surface area contributed by atoms with E-state index in [0.29, 0.717) is 17.0 Å². The number of para-hydroxylation sites is 2. The Balaban J connectivity index is 1.93. The van der Waals surface area contributed by atoms with Gasteiger partial charge in [-0.2, -0.15) is 0 Å². The molecule has 1 amide bonds. The molecule has 2 aromatic carbocycles. The van der Waals surface area contributed by atoms with Crippen LogP contribution in [0.25, 0.3) is 11.0 Å². The lowest BCUT2D eigenvalue weighted by atomic mass is 10.1. The fraction of sp³-hybridized carbons (Fsp3) is 0.0625. The van der Waals surface area contributed by atoms with E-state index >= 15 is 0 Å². The highest BCUT2D eigenvalue weighted by Gasteiger charge is 2.14. The van der Waals surface area contributed by atoms with E-state index in [2.05, 4.69) is 5.32 Å². The average Bonchev–Trinajstić information content (AvgIpc) is 2.92. The lowest BCUT2D eigenvalue weighted by Crippen LogP contribution is -2.12. The first-order chi connectivity index (χ1) is 9.79. The third-order valence-electron chi connectivity index (χ3n) is 3.14. The van der Waals surface area contributed by atoms with Gasteiger partial charge in [-0.3, -0.25) is 4.79 Å². The molecule has 1 heterocycles. The largest absolute Gasteiger partial charge is 0.463 e. The van der Waals surface area contributed by atoms with Crippen molar-refractivity contribution in [1.29, 1.82) is 0 Å². The molecule has 4 heteroatoms. The average molecular weight is 286 g/mol. The molecule has 0 fully saturated rings. The third-order valence-corrected chi connectivity index (χ3v) is 3.42. The topological polar surface area (TPSA) is 42.2 Å². The minimum absolute atomic E-state index is 0.201. The zero-order chi connectivity index (χ0) is 13.9. The number of alkyl halides is 1. The molecule has 0 unspecified atom stereocenters. The van der Waals surface area contributed by atoms with Crippen molar-refractivity contribution in [2.45, 2.75) is 5.88 Å². The number of rotatable bonds is 3. The number of carbonyl (C=O) groups excluding carboxylic acids is 1. The molecule has 0 radical (unpaired) electrons. The molecule has 1 aromatic heterocycles. The van der Waals surface area contributed by atoms with Crippen LogP contribution in [0.5, 0.6) is 0 Å². The quantitative estimate of drug-likeness (QED) is 0.724. The standard InChI is InChI=1S/C16H12ClNO2/c17-9-11-5-1-3-7-14(11)18-16(19)13-10-20-15-8-4-2-6-12(13)15/h1-8,10H,9H2,(H,18,19). The fourth-order valence-corrected chi connectivity index (χ4v) is 2.34. The van der Waals surface area contributed by atoms with Gasteiger partial charge >= 0.3 is 0 Å². The molecular formula is C16H12ClNO2. The number of halogens is 1. The molecule has 3 nitrogen and oxygen atoms in total. The molecule has 1 N–H and O–H groups in total. The Morgan fingerprint density at radius 3 is 2.70 bits per heavy atom. The fourth-order valence-electron chi connectivity index (χ4n) is 2.10. The number of hydrogen-bond donors (Lipinski definition) is 1. The number of anilines is 1. The van der Waals surface area contributed by atoms with E-state index in [1.807, 2.05) is 48.5 Å². The maximum Gasteiger partial charge on any atom is 0.259 e. The van der Waals surface area contributed by atoms with E-state index in [4.69, 9.17) is 16.0 Å². The highest BCUT2D eigenvalue weighted by atomic mass is 35.5. The van der Waals surface area contributed by atoms with Crippen LogP contribution in [-0.2, 0) is 5.88 Å². The Hall–Kier alpha value is -2.26. The molecule has 3 rings (SSSR count). The van der Waals surface area contributed by atoms with E-state index in [9.17, 15) is 4.79 Å². The zero-order valence-electron chi connectivity index (χ0n) is 10.6. The summed E-state index contributed by atoms with van der Waals surface area (Å²) < 4.78 is 5.38. The van der Waals surface area contributed by atoms with Crippen LogP contribution in [0.1, 0.15) is 15.9 Å². The molecule has 0 bridgehead atoms. The third kappa shape index (κ3) is 2.28. The molecule has 100 valence electrons. The Kier molecular flexibility index (Phi) is 3.44. The van der Waals surface area contributed by atoms with Crippen molar-refractivity contribution in [3.05, 3.63) is 65.9 Å². The van der Waals surface area contributed by atoms with Gasteiger partial charge in [0, 0.05) is 17.0 Å². The van der Waals surface area contributed by atoms with E-state index < -0.39 is 0 Å². The lowest BCUT2D eigenvalue weighted by Gasteiger charge is -2.08. The van der Waals surface area contributed by atoms with Crippen molar-refractivity contribution in [3.63, 3.8) is 0 Å². The van der Waals surface area contributed by atoms with Crippen LogP contribution >= 0.6 is 11.6 Å². The summed E-state index contributed by atoms with van der Waals surface area (Å²) >= 11 is 5.87. The van der Waals surface area contributed by atoms with Gasteiger partial charge in [0.25, 0.3) is 5.91 Å². The van der Waals surface area contributed by atoms with Crippen LogP contribution in [0.2, 0.25) is 0 Å². The van der Waals surface area contributed by atoms with Crippen molar-refractivity contribution >= 4 is 34.2 Å². The van der Waals surface area contributed by atoms with Gasteiger partial charge in [0.15, 0.2) is 0 Å². The van der Waals surface area contributed by atoms with E-state index in [-0.39, 0.29) is 5.91 Å². The van der Waals surface area contributed by atoms with E-state index in [0.717, 1.165) is 16.6 Å². The second-order valence-corrected chi connectivity index (χ2v) is 4.66. The predicted molar refractivity (Wildman–Crippen MR) is 80.2 cm³/mol. The molecule has 0 saturated carbocycles. The van der Waals surface area contributed by atoms with E-state index in [1.165, 1.54) is 6.26 Å². The van der Waals surface area contributed by atoms with Crippen LogP contribution in [0.3, 0.4) is 0 Å². The van der Waals surface area contributed by atoms with Crippen LogP contribution in [0.15, 0.2) is 59.2 Å². The first-order valence-corrected chi connectivity index (χ1v) is 6.74. The van der Waals surface area contributed by atoms with Gasteiger partial charge in [-0.25, -0.2) is 0 Å². The summed E-state index contributed by atoms with van der Waals surface area (Å²) in [5.41, 5.74) is 2.82. The second kappa shape index (κ2) is 5.39. The van der Waals surface area contributed by atoms with Gasteiger partial charge in [0.1, 0.15) is 11.8 Å². The SMILES string of the molecule is O=C(Nc1ccccc1CCl)c1coc2ccccc12. The highest BCUT2D eigenvalue weighted by molar-refractivity contribution is 6.18. The Labute approximate surface area is 121 Å². The first kappa shape index (κ1) is 12.8. The summed E-state index contributed by atoms with van der Waals surface area (Å²) in [5, 5.41) is 3.67. The molecular weight excluding hydrogens is 274 g/mol. The molecule has 0 atom stereocenters. The number of furan rings is 1. The zero-order valence-corrected chi connectivity index (χ0v) is 11.4. The van der Waals surface area contributed by atoms with Gasteiger partial charge in [0.05, 0.1) is 5.56 Å². The summed E-state index contributed by atoms with van der Waals surface area (Å²) in [5.74, 6) is 0.148. The van der Waals surface area contributed by atoms with Crippen molar-refractivity contribution in [1.82, 2.24) is 0 Å². The Morgan fingerprint density at radius 2 is 1.85 bits per heavy atom. The first-order valence-electron chi connectivity index (χ1n) is 6.21. The molecule has 20 heavy (non-hydrogen) atoms. The minimum Gasteiger partial charge on any atom is -0.463 e. The number of carbonyl (C=O) groups is 1. The summed E-state index contributed by atoms with van der Waals surface area (Å²) in [7, 11) is 0. The number of hydrogen-bond acceptors (Lipinski definition) is 2. The summed E-state index contributed by atoms with van der Waals surface area (Å²) in [4.78, 5) is 12.3. The molecule has 0 aliphatic carbocycles. The normalized spacial score (nSPS) is 10.7. The highest BCUT2D eigenvalue weighted by Crippen LogP contribution is 2.23. The van der Waals surface area contributed by atoms with Crippen molar-refractivity contribution in [2.24, 2.45) is 0 Å². The van der Waals surface area contributed by atoms with Crippen LogP contribution in [0.4, 0.5) is 5.69 Å². The smallest absolute Gasteiger partial charge is 0.259 e. The maximum absolute atomic E-state index is 12.3. The lowest BCUT2D eigenvalue weighted by molar-refractivity contribution is 0.102. The van der Waals surface area contributed by atoms with Gasteiger partial charge in [0.2, 0.25) is 0 Å². The van der Waals surface area contributed by atoms with Gasteiger partial charge in [-0.1, -0.05) is 36.4 Å². The summed E-state index contributed by atoms with van der Waals surface area (Å²) in [6.07, 6.45) is 1.48. The van der Waals surface area contributed by atoms with Crippen LogP contribution in [0, 0.1) is 0 Å². The van der Waals surface area contributed by atoms with Crippen molar-refractivity contribution in [2.75, 3.05) is 5.32 Å². The van der Waals surface area contributed by atoms with Gasteiger partial charge in [-0.15, -0.1) is 11.6 Å². The number of fused-ring (bicyclic) bond motifs is 1. The predicted octanol–water partition coefficient (Wildman–Crippen LogP) is 4.42. The van der Waals surface area contributed by atoms with Gasteiger partial charge in [-0.05, 0) is 17.7 Å². The Bertz CT molecular complexity index is 764. The summed E-state index contributed by atoms with van der Waals surface area (Å²) in [6, 6.07) is 14.9. The number of benzene rings is 2. The van der Waals surface area contributed by atoms with Crippen LogP contribution in [-0.4, -0.2) is 5.91 Å². The molecule has 0 aliphatic rings. The number of amides is 1. The monoisotopic (exact) mass is 285 g/mol. The van der Waals surface area contributed by atoms with Crippen LogP contribution < -0.4 is 5.32 Å². The molecule has 0 saturated heterocycles. The Morgan fingerprint density at radius 1 is 1.10 bits per heavy atom. The molecule has 3 aromatic rings. The van der Waals surface area contributed by atoms with E-state index in [1.54, 1.807) is 0 Å². The molecule has 0 spiro atoms. The van der Waals surface area contributed by atoms with Gasteiger partial charge < -0.3 is 9.73 Å². The second-order valence-electron chi connectivity index (χ2n) is 4.39. The summed E-state index contributed by atoms with van der Waals surface area (Å²) in [6.45, 7) is 0. The van der Waals surface area contributed by atoms with Crippen molar-refractivity contribution < 1.29 is 9.21 Å². The minimum atomic E-state index is -0.201.